The zero-order chi connectivity index (χ0) is 14.4. The smallest absolute Gasteiger partial charge is 0.326 e. The summed E-state index contributed by atoms with van der Waals surface area (Å²) in [4.78, 5) is 21.0. The van der Waals surface area contributed by atoms with Crippen LogP contribution in [0.25, 0.3) is 0 Å². The van der Waals surface area contributed by atoms with Gasteiger partial charge in [0.05, 0.1) is 15.6 Å². The predicted octanol–water partition coefficient (Wildman–Crippen LogP) is 2.15. The number of hydrogen-bond acceptors (Lipinski definition) is 5. The van der Waals surface area contributed by atoms with Crippen molar-refractivity contribution < 1.29 is 19.6 Å². The lowest BCUT2D eigenvalue weighted by Crippen LogP contribution is -2.30. The standard InChI is InChI=1S/C11H13ClN2O5/c1-19-5-4-10(11(15)16)13-9-3-2-7(14(17)18)6-8(9)12/h2-3,6,10,13H,4-5H2,1H3,(H,15,16). The second-order valence-electron chi connectivity index (χ2n) is 3.74. The van der Waals surface area contributed by atoms with E-state index in [0.29, 0.717) is 5.69 Å². The molecule has 0 spiro atoms. The Bertz CT molecular complexity index is 480. The van der Waals surface area contributed by atoms with Crippen LogP contribution in [-0.4, -0.2) is 35.8 Å². The number of carbonyl (C=O) groups is 1. The van der Waals surface area contributed by atoms with Crippen molar-refractivity contribution >= 4 is 28.9 Å². The van der Waals surface area contributed by atoms with Gasteiger partial charge in [0.15, 0.2) is 0 Å². The van der Waals surface area contributed by atoms with E-state index in [9.17, 15) is 14.9 Å². The van der Waals surface area contributed by atoms with Gasteiger partial charge in [-0.15, -0.1) is 0 Å². The van der Waals surface area contributed by atoms with Gasteiger partial charge in [-0.05, 0) is 6.07 Å². The number of non-ortho nitro benzene ring substituents is 1. The molecule has 0 aliphatic carbocycles. The van der Waals surface area contributed by atoms with Gasteiger partial charge < -0.3 is 15.2 Å². The number of carboxylic acids is 1. The Kier molecular flexibility index (Phi) is 5.53. The molecule has 7 nitrogen and oxygen atoms in total. The predicted molar refractivity (Wildman–Crippen MR) is 69.6 cm³/mol. The van der Waals surface area contributed by atoms with E-state index in [-0.39, 0.29) is 23.7 Å². The van der Waals surface area contributed by atoms with Gasteiger partial charge in [-0.25, -0.2) is 4.79 Å². The van der Waals surface area contributed by atoms with Crippen LogP contribution in [0.4, 0.5) is 11.4 Å². The van der Waals surface area contributed by atoms with E-state index in [1.165, 1.54) is 25.3 Å². The van der Waals surface area contributed by atoms with Crippen LogP contribution < -0.4 is 5.32 Å². The van der Waals surface area contributed by atoms with Gasteiger partial charge >= 0.3 is 5.97 Å². The molecular formula is C11H13ClN2O5. The molecule has 0 radical (unpaired) electrons. The van der Waals surface area contributed by atoms with Crippen LogP contribution in [0.15, 0.2) is 18.2 Å². The van der Waals surface area contributed by atoms with Crippen molar-refractivity contribution in [2.45, 2.75) is 12.5 Å². The minimum Gasteiger partial charge on any atom is -0.480 e. The van der Waals surface area contributed by atoms with E-state index in [1.54, 1.807) is 0 Å². The first-order valence-electron chi connectivity index (χ1n) is 5.38. The molecule has 2 N–H and O–H groups in total. The summed E-state index contributed by atoms with van der Waals surface area (Å²) in [5, 5.41) is 22.4. The fourth-order valence-electron chi connectivity index (χ4n) is 1.42. The fourth-order valence-corrected chi connectivity index (χ4v) is 1.64. The summed E-state index contributed by atoms with van der Waals surface area (Å²) >= 11 is 5.87. The second kappa shape index (κ2) is 6.91. The Balaban J connectivity index is 2.84. The van der Waals surface area contributed by atoms with E-state index in [1.807, 2.05) is 0 Å². The second-order valence-corrected chi connectivity index (χ2v) is 4.15. The van der Waals surface area contributed by atoms with Crippen LogP contribution in [0, 0.1) is 10.1 Å². The number of hydrogen-bond donors (Lipinski definition) is 2. The third-order valence-corrected chi connectivity index (χ3v) is 2.71. The van der Waals surface area contributed by atoms with Crippen molar-refractivity contribution in [3.8, 4) is 0 Å². The van der Waals surface area contributed by atoms with E-state index in [4.69, 9.17) is 21.4 Å². The number of rotatable bonds is 7. The lowest BCUT2D eigenvalue weighted by Gasteiger charge is -2.16. The van der Waals surface area contributed by atoms with Crippen LogP contribution in [0.1, 0.15) is 6.42 Å². The fraction of sp³-hybridized carbons (Fsp3) is 0.364. The van der Waals surface area contributed by atoms with Gasteiger partial charge in [-0.1, -0.05) is 11.6 Å². The first-order valence-corrected chi connectivity index (χ1v) is 5.75. The quantitative estimate of drug-likeness (QED) is 0.589. The molecule has 0 saturated carbocycles. The van der Waals surface area contributed by atoms with Crippen LogP contribution in [0.2, 0.25) is 5.02 Å². The van der Waals surface area contributed by atoms with Gasteiger partial charge in [-0.3, -0.25) is 10.1 Å². The monoisotopic (exact) mass is 288 g/mol. The maximum Gasteiger partial charge on any atom is 0.326 e. The van der Waals surface area contributed by atoms with E-state index in [2.05, 4.69) is 5.32 Å². The van der Waals surface area contributed by atoms with Crippen LogP contribution in [-0.2, 0) is 9.53 Å². The van der Waals surface area contributed by atoms with Crippen LogP contribution in [0.3, 0.4) is 0 Å². The maximum absolute atomic E-state index is 11.0. The molecule has 0 heterocycles. The average Bonchev–Trinajstić information content (AvgIpc) is 2.35. The topological polar surface area (TPSA) is 102 Å². The number of nitro benzene ring substituents is 1. The number of methoxy groups -OCH3 is 1. The first kappa shape index (κ1) is 15.2. The van der Waals surface area contributed by atoms with E-state index < -0.39 is 16.9 Å². The zero-order valence-electron chi connectivity index (χ0n) is 10.1. The largest absolute Gasteiger partial charge is 0.480 e. The molecule has 19 heavy (non-hydrogen) atoms. The minimum absolute atomic E-state index is 0.0952. The third kappa shape index (κ3) is 4.38. The summed E-state index contributed by atoms with van der Waals surface area (Å²) in [6, 6.07) is 2.92. The molecule has 0 bridgehead atoms. The number of carboxylic acid groups (broad SMARTS) is 1. The Labute approximate surface area is 114 Å². The van der Waals surface area contributed by atoms with E-state index in [0.717, 1.165) is 0 Å². The molecule has 0 fully saturated rings. The molecule has 0 aliphatic rings. The van der Waals surface area contributed by atoms with E-state index >= 15 is 0 Å². The molecule has 1 rings (SSSR count). The number of nitrogens with zero attached hydrogens (tertiary/aromatic N) is 1. The Morgan fingerprint density at radius 1 is 1.63 bits per heavy atom. The molecule has 8 heteroatoms. The highest BCUT2D eigenvalue weighted by Gasteiger charge is 2.19. The minimum atomic E-state index is -1.05. The summed E-state index contributed by atoms with van der Waals surface area (Å²) in [7, 11) is 1.47. The summed E-state index contributed by atoms with van der Waals surface area (Å²) in [6.07, 6.45) is 0.249. The summed E-state index contributed by atoms with van der Waals surface area (Å²) in [5.74, 6) is -1.05. The molecule has 1 atom stereocenters. The zero-order valence-corrected chi connectivity index (χ0v) is 10.9. The number of nitro groups is 1. The molecule has 0 aromatic heterocycles. The third-order valence-electron chi connectivity index (χ3n) is 2.40. The van der Waals surface area contributed by atoms with Gasteiger partial charge in [0.1, 0.15) is 6.04 Å². The number of nitrogens with one attached hydrogen (secondary N) is 1. The Morgan fingerprint density at radius 2 is 2.32 bits per heavy atom. The Hall–Kier alpha value is -1.86. The molecule has 0 saturated heterocycles. The van der Waals surface area contributed by atoms with Crippen molar-refractivity contribution in [2.24, 2.45) is 0 Å². The van der Waals surface area contributed by atoms with Crippen molar-refractivity contribution in [1.29, 1.82) is 0 Å². The van der Waals surface area contributed by atoms with Gasteiger partial charge in [0.25, 0.3) is 5.69 Å². The highest BCUT2D eigenvalue weighted by molar-refractivity contribution is 6.33. The summed E-state index contributed by atoms with van der Waals surface area (Å²) < 4.78 is 4.82. The normalized spacial score (nSPS) is 11.9. The summed E-state index contributed by atoms with van der Waals surface area (Å²) in [5.41, 5.74) is 0.176. The number of ether oxygens (including phenoxy) is 1. The van der Waals surface area contributed by atoms with Crippen LogP contribution >= 0.6 is 11.6 Å². The Morgan fingerprint density at radius 3 is 2.79 bits per heavy atom. The van der Waals surface area contributed by atoms with Gasteiger partial charge in [0, 0.05) is 32.3 Å². The molecule has 1 aromatic carbocycles. The maximum atomic E-state index is 11.0. The van der Waals surface area contributed by atoms with Crippen molar-refractivity contribution in [3.05, 3.63) is 33.3 Å². The highest BCUT2D eigenvalue weighted by atomic mass is 35.5. The van der Waals surface area contributed by atoms with Crippen molar-refractivity contribution in [2.75, 3.05) is 19.0 Å². The van der Waals surface area contributed by atoms with Gasteiger partial charge in [-0.2, -0.15) is 0 Å². The van der Waals surface area contributed by atoms with Crippen LogP contribution in [0.5, 0.6) is 0 Å². The number of halogens is 1. The van der Waals surface area contributed by atoms with Crippen molar-refractivity contribution in [1.82, 2.24) is 0 Å². The molecule has 0 aliphatic heterocycles. The molecule has 1 aromatic rings. The van der Waals surface area contributed by atoms with Crippen molar-refractivity contribution in [3.63, 3.8) is 0 Å². The molecular weight excluding hydrogens is 276 g/mol. The first-order chi connectivity index (χ1) is 8.95. The number of benzene rings is 1. The summed E-state index contributed by atoms with van der Waals surface area (Å²) in [6.45, 7) is 0.272. The average molecular weight is 289 g/mol. The number of anilines is 1. The highest BCUT2D eigenvalue weighted by Crippen LogP contribution is 2.27. The lowest BCUT2D eigenvalue weighted by molar-refractivity contribution is -0.384. The SMILES string of the molecule is COCCC(Nc1ccc([N+](=O)[O-])cc1Cl)C(=O)O. The molecule has 1 unspecified atom stereocenters. The molecule has 104 valence electrons. The molecule has 0 amide bonds. The number of aliphatic carboxylic acids is 1. The lowest BCUT2D eigenvalue weighted by atomic mass is 10.2. The van der Waals surface area contributed by atoms with Gasteiger partial charge in [0.2, 0.25) is 0 Å².